The fraction of sp³-hybridized carbons (Fsp3) is 0.0909. The number of furan rings is 1. The van der Waals surface area contributed by atoms with Crippen molar-refractivity contribution in [3.63, 3.8) is 0 Å². The molecule has 0 aliphatic rings. The highest BCUT2D eigenvalue weighted by atomic mass is 16.4. The van der Waals surface area contributed by atoms with Gasteiger partial charge in [0.2, 0.25) is 0 Å². The molecular formula is C22H14O6. The Balaban J connectivity index is 1.86. The van der Waals surface area contributed by atoms with Gasteiger partial charge in [-0.05, 0) is 49.2 Å². The van der Waals surface area contributed by atoms with Gasteiger partial charge in [-0.15, -0.1) is 0 Å². The van der Waals surface area contributed by atoms with Crippen LogP contribution in [0.5, 0.6) is 5.75 Å². The van der Waals surface area contributed by atoms with E-state index in [-0.39, 0.29) is 28.0 Å². The Kier molecular flexibility index (Phi) is 3.27. The monoisotopic (exact) mass is 374 g/mol. The molecule has 2 aromatic carbocycles. The first-order valence-electron chi connectivity index (χ1n) is 8.66. The van der Waals surface area contributed by atoms with Crippen LogP contribution in [0.15, 0.2) is 65.3 Å². The molecule has 0 atom stereocenters. The third-order valence-corrected chi connectivity index (χ3v) is 4.82. The molecule has 0 unspecified atom stereocenters. The summed E-state index contributed by atoms with van der Waals surface area (Å²) in [4.78, 5) is 24.9. The van der Waals surface area contributed by atoms with E-state index < -0.39 is 11.3 Å². The first-order chi connectivity index (χ1) is 13.4. The van der Waals surface area contributed by atoms with Crippen LogP contribution in [0.3, 0.4) is 0 Å². The van der Waals surface area contributed by atoms with Crippen molar-refractivity contribution < 1.29 is 18.4 Å². The molecule has 6 nitrogen and oxygen atoms in total. The summed E-state index contributed by atoms with van der Waals surface area (Å²) in [6, 6.07) is 11.9. The number of benzene rings is 2. The number of hydrogen-bond acceptors (Lipinski definition) is 6. The largest absolute Gasteiger partial charge is 0.506 e. The van der Waals surface area contributed by atoms with E-state index in [1.54, 1.807) is 30.3 Å². The van der Waals surface area contributed by atoms with Gasteiger partial charge in [0.05, 0.1) is 10.8 Å². The van der Waals surface area contributed by atoms with E-state index in [2.05, 4.69) is 0 Å². The lowest BCUT2D eigenvalue weighted by atomic mass is 10.1. The van der Waals surface area contributed by atoms with Crippen LogP contribution >= 0.6 is 0 Å². The summed E-state index contributed by atoms with van der Waals surface area (Å²) in [6.07, 6.45) is 0. The highest BCUT2D eigenvalue weighted by Crippen LogP contribution is 2.37. The SMILES string of the molecule is Cc1ccc2c(O)c(-c3cc4c(=O)oc5cc(C)ccc5c4o3)c(=O)oc2c1. The summed E-state index contributed by atoms with van der Waals surface area (Å²) >= 11 is 0. The van der Waals surface area contributed by atoms with E-state index in [0.717, 1.165) is 11.1 Å². The summed E-state index contributed by atoms with van der Waals surface area (Å²) in [5.74, 6) is -0.209. The standard InChI is InChI=1S/C22H14O6/c1-10-3-5-12-15(7-10)28-22(25)18(19(12)23)17-9-14-20(26-17)13-6-4-11(2)8-16(13)27-21(14)24/h3-9,23H,1-2H3. The van der Waals surface area contributed by atoms with Gasteiger partial charge in [0, 0.05) is 6.07 Å². The molecule has 0 aliphatic carbocycles. The molecule has 138 valence electrons. The maximum absolute atomic E-state index is 12.5. The maximum Gasteiger partial charge on any atom is 0.351 e. The van der Waals surface area contributed by atoms with Gasteiger partial charge in [0.1, 0.15) is 33.6 Å². The third kappa shape index (κ3) is 2.28. The lowest BCUT2D eigenvalue weighted by molar-refractivity contribution is 0.467. The highest BCUT2D eigenvalue weighted by molar-refractivity contribution is 6.02. The zero-order valence-corrected chi connectivity index (χ0v) is 15.0. The van der Waals surface area contributed by atoms with Crippen molar-refractivity contribution in [2.75, 3.05) is 0 Å². The van der Waals surface area contributed by atoms with Crippen LogP contribution in [0.25, 0.3) is 44.2 Å². The van der Waals surface area contributed by atoms with E-state index in [4.69, 9.17) is 13.3 Å². The Hall–Kier alpha value is -3.80. The molecule has 5 aromatic rings. The second-order valence-corrected chi connectivity index (χ2v) is 6.86. The number of aryl methyl sites for hydroxylation is 2. The van der Waals surface area contributed by atoms with Crippen molar-refractivity contribution >= 4 is 32.9 Å². The number of aromatic hydroxyl groups is 1. The smallest absolute Gasteiger partial charge is 0.351 e. The minimum atomic E-state index is -0.751. The van der Waals surface area contributed by atoms with Crippen LogP contribution in [0, 0.1) is 13.8 Å². The highest BCUT2D eigenvalue weighted by Gasteiger charge is 2.22. The summed E-state index contributed by atoms with van der Waals surface area (Å²) < 4.78 is 16.6. The Morgan fingerprint density at radius 3 is 2.04 bits per heavy atom. The minimum absolute atomic E-state index is 0.0455. The van der Waals surface area contributed by atoms with Crippen LogP contribution in [-0.4, -0.2) is 5.11 Å². The van der Waals surface area contributed by atoms with Crippen molar-refractivity contribution in [1.82, 2.24) is 0 Å². The average molecular weight is 374 g/mol. The third-order valence-electron chi connectivity index (χ3n) is 4.82. The predicted octanol–water partition coefficient (Wildman–Crippen LogP) is 4.64. The molecule has 0 amide bonds. The molecule has 3 aromatic heterocycles. The summed E-state index contributed by atoms with van der Waals surface area (Å²) in [5.41, 5.74) is 1.33. The number of fused-ring (bicyclic) bond motifs is 4. The van der Waals surface area contributed by atoms with Crippen molar-refractivity contribution in [3.05, 3.63) is 74.4 Å². The van der Waals surface area contributed by atoms with E-state index in [9.17, 15) is 14.7 Å². The van der Waals surface area contributed by atoms with Crippen LogP contribution in [0.4, 0.5) is 0 Å². The number of rotatable bonds is 1. The molecule has 0 aliphatic heterocycles. The Labute approximate surface area is 157 Å². The molecule has 0 fully saturated rings. The Bertz CT molecular complexity index is 1530. The summed E-state index contributed by atoms with van der Waals surface area (Å²) in [6.45, 7) is 3.74. The van der Waals surface area contributed by atoms with Crippen LogP contribution < -0.4 is 11.3 Å². The maximum atomic E-state index is 12.5. The first kappa shape index (κ1) is 16.4. The molecule has 0 bridgehead atoms. The zero-order valence-electron chi connectivity index (χ0n) is 15.0. The van der Waals surface area contributed by atoms with Gasteiger partial charge in [0.15, 0.2) is 5.58 Å². The van der Waals surface area contributed by atoms with Gasteiger partial charge in [-0.3, -0.25) is 0 Å². The van der Waals surface area contributed by atoms with Gasteiger partial charge in [-0.2, -0.15) is 0 Å². The summed E-state index contributed by atoms with van der Waals surface area (Å²) in [7, 11) is 0. The molecule has 0 radical (unpaired) electrons. The molecule has 1 N–H and O–H groups in total. The average Bonchev–Trinajstić information content (AvgIpc) is 3.06. The van der Waals surface area contributed by atoms with Crippen LogP contribution in [-0.2, 0) is 0 Å². The molecular weight excluding hydrogens is 360 g/mol. The molecule has 3 heterocycles. The van der Waals surface area contributed by atoms with Crippen LogP contribution in [0.2, 0.25) is 0 Å². The zero-order chi connectivity index (χ0) is 19.6. The van der Waals surface area contributed by atoms with Crippen molar-refractivity contribution in [2.24, 2.45) is 0 Å². The lowest BCUT2D eigenvalue weighted by Crippen LogP contribution is -2.03. The van der Waals surface area contributed by atoms with Gasteiger partial charge in [-0.1, -0.05) is 12.1 Å². The second kappa shape index (κ2) is 5.60. The van der Waals surface area contributed by atoms with Crippen molar-refractivity contribution in [2.45, 2.75) is 13.8 Å². The van der Waals surface area contributed by atoms with Crippen molar-refractivity contribution in [1.29, 1.82) is 0 Å². The van der Waals surface area contributed by atoms with E-state index in [0.29, 0.717) is 21.9 Å². The van der Waals surface area contributed by atoms with Gasteiger partial charge in [-0.25, -0.2) is 9.59 Å². The molecule has 0 saturated carbocycles. The molecule has 0 saturated heterocycles. The van der Waals surface area contributed by atoms with E-state index in [1.165, 1.54) is 6.07 Å². The quantitative estimate of drug-likeness (QED) is 0.430. The second-order valence-electron chi connectivity index (χ2n) is 6.86. The number of hydrogen-bond donors (Lipinski definition) is 1. The molecule has 5 rings (SSSR count). The normalized spacial score (nSPS) is 11.6. The van der Waals surface area contributed by atoms with E-state index >= 15 is 0 Å². The minimum Gasteiger partial charge on any atom is -0.506 e. The molecule has 28 heavy (non-hydrogen) atoms. The van der Waals surface area contributed by atoms with Crippen molar-refractivity contribution in [3.8, 4) is 17.1 Å². The van der Waals surface area contributed by atoms with Gasteiger partial charge < -0.3 is 18.4 Å². The molecule has 0 spiro atoms. The Morgan fingerprint density at radius 1 is 0.714 bits per heavy atom. The predicted molar refractivity (Wildman–Crippen MR) is 105 cm³/mol. The summed E-state index contributed by atoms with van der Waals surface area (Å²) in [5, 5.41) is 11.9. The fourth-order valence-corrected chi connectivity index (χ4v) is 3.43. The first-order valence-corrected chi connectivity index (χ1v) is 8.66. The van der Waals surface area contributed by atoms with Gasteiger partial charge >= 0.3 is 11.3 Å². The fourth-order valence-electron chi connectivity index (χ4n) is 3.43. The van der Waals surface area contributed by atoms with E-state index in [1.807, 2.05) is 19.9 Å². The topological polar surface area (TPSA) is 93.8 Å². The Morgan fingerprint density at radius 2 is 1.32 bits per heavy atom. The molecule has 6 heteroatoms. The lowest BCUT2D eigenvalue weighted by Gasteiger charge is -2.04. The van der Waals surface area contributed by atoms with Gasteiger partial charge in [0.25, 0.3) is 0 Å². The van der Waals surface area contributed by atoms with Crippen LogP contribution in [0.1, 0.15) is 11.1 Å².